The third-order valence-corrected chi connectivity index (χ3v) is 3.12. The van der Waals surface area contributed by atoms with Crippen molar-refractivity contribution in [2.45, 2.75) is 26.3 Å². The lowest BCUT2D eigenvalue weighted by atomic mass is 10.2. The van der Waals surface area contributed by atoms with Crippen LogP contribution in [0, 0.1) is 0 Å². The topological polar surface area (TPSA) is 46.1 Å². The van der Waals surface area contributed by atoms with Crippen molar-refractivity contribution in [2.24, 2.45) is 0 Å². The van der Waals surface area contributed by atoms with Crippen molar-refractivity contribution in [1.82, 2.24) is 9.88 Å². The molecule has 0 fully saturated rings. The second-order valence-corrected chi connectivity index (χ2v) is 4.68. The Morgan fingerprint density at radius 3 is 2.89 bits per heavy atom. The summed E-state index contributed by atoms with van der Waals surface area (Å²) >= 11 is 0. The standard InChI is InChI=1S/C15H21N3O/c1-3-9-18-10-7-12-4-5-13(11-14(12)18)17-15(19)6-8-16-2/h4-5,7,10-11,16H,3,6,8-9H2,1-2H3,(H,17,19). The van der Waals surface area contributed by atoms with Crippen LogP contribution in [0.1, 0.15) is 19.8 Å². The average Bonchev–Trinajstić information content (AvgIpc) is 2.80. The SMILES string of the molecule is CCCn1ccc2ccc(NC(=O)CCNC)cc21. The van der Waals surface area contributed by atoms with Gasteiger partial charge in [0.1, 0.15) is 0 Å². The highest BCUT2D eigenvalue weighted by Crippen LogP contribution is 2.21. The van der Waals surface area contributed by atoms with Crippen LogP contribution in [0.5, 0.6) is 0 Å². The van der Waals surface area contributed by atoms with Crippen LogP contribution in [-0.2, 0) is 11.3 Å². The molecule has 4 nitrogen and oxygen atoms in total. The minimum absolute atomic E-state index is 0.0438. The van der Waals surface area contributed by atoms with Crippen molar-refractivity contribution in [2.75, 3.05) is 18.9 Å². The van der Waals surface area contributed by atoms with E-state index in [1.807, 2.05) is 19.2 Å². The molecular weight excluding hydrogens is 238 g/mol. The first-order valence-corrected chi connectivity index (χ1v) is 6.78. The molecule has 1 aromatic carbocycles. The predicted octanol–water partition coefficient (Wildman–Crippen LogP) is 2.60. The molecule has 19 heavy (non-hydrogen) atoms. The second-order valence-electron chi connectivity index (χ2n) is 4.68. The van der Waals surface area contributed by atoms with Crippen molar-refractivity contribution in [3.63, 3.8) is 0 Å². The molecule has 0 aliphatic rings. The van der Waals surface area contributed by atoms with Crippen LogP contribution < -0.4 is 10.6 Å². The molecule has 0 radical (unpaired) electrons. The number of rotatable bonds is 6. The van der Waals surface area contributed by atoms with Gasteiger partial charge in [0.2, 0.25) is 5.91 Å². The predicted molar refractivity (Wildman–Crippen MR) is 79.4 cm³/mol. The van der Waals surface area contributed by atoms with Gasteiger partial charge in [-0.05, 0) is 37.1 Å². The minimum atomic E-state index is 0.0438. The molecule has 0 saturated carbocycles. The zero-order chi connectivity index (χ0) is 13.7. The van der Waals surface area contributed by atoms with E-state index in [9.17, 15) is 4.79 Å². The second kappa shape index (κ2) is 6.38. The Balaban J connectivity index is 2.15. The Morgan fingerprint density at radius 1 is 1.32 bits per heavy atom. The number of aryl methyl sites for hydroxylation is 1. The summed E-state index contributed by atoms with van der Waals surface area (Å²) in [7, 11) is 1.84. The highest BCUT2D eigenvalue weighted by Gasteiger charge is 2.05. The van der Waals surface area contributed by atoms with E-state index in [0.29, 0.717) is 13.0 Å². The highest BCUT2D eigenvalue weighted by molar-refractivity contribution is 5.93. The van der Waals surface area contributed by atoms with Gasteiger partial charge in [0.15, 0.2) is 0 Å². The maximum Gasteiger partial charge on any atom is 0.225 e. The number of aromatic nitrogens is 1. The number of nitrogens with one attached hydrogen (secondary N) is 2. The van der Waals surface area contributed by atoms with Gasteiger partial charge in [-0.3, -0.25) is 4.79 Å². The van der Waals surface area contributed by atoms with E-state index < -0.39 is 0 Å². The monoisotopic (exact) mass is 259 g/mol. The number of nitrogens with zero attached hydrogens (tertiary/aromatic N) is 1. The zero-order valence-electron chi connectivity index (χ0n) is 11.6. The summed E-state index contributed by atoms with van der Waals surface area (Å²) < 4.78 is 2.22. The molecule has 4 heteroatoms. The third kappa shape index (κ3) is 3.35. The molecule has 0 atom stereocenters. The molecule has 2 aromatic rings. The summed E-state index contributed by atoms with van der Waals surface area (Å²) in [6.07, 6.45) is 3.69. The van der Waals surface area contributed by atoms with Crippen molar-refractivity contribution in [3.05, 3.63) is 30.5 Å². The van der Waals surface area contributed by atoms with Crippen LogP contribution in [0.25, 0.3) is 10.9 Å². The fourth-order valence-corrected chi connectivity index (χ4v) is 2.16. The van der Waals surface area contributed by atoms with Gasteiger partial charge in [-0.25, -0.2) is 0 Å². The molecule has 102 valence electrons. The number of benzene rings is 1. The zero-order valence-corrected chi connectivity index (χ0v) is 11.6. The maximum absolute atomic E-state index is 11.7. The van der Waals surface area contributed by atoms with E-state index in [2.05, 4.69) is 40.5 Å². The van der Waals surface area contributed by atoms with Gasteiger partial charge < -0.3 is 15.2 Å². The fraction of sp³-hybridized carbons (Fsp3) is 0.400. The number of anilines is 1. The first-order valence-electron chi connectivity index (χ1n) is 6.78. The lowest BCUT2D eigenvalue weighted by molar-refractivity contribution is -0.116. The van der Waals surface area contributed by atoms with E-state index in [1.54, 1.807) is 0 Å². The van der Waals surface area contributed by atoms with Crippen molar-refractivity contribution in [3.8, 4) is 0 Å². The quantitative estimate of drug-likeness (QED) is 0.837. The van der Waals surface area contributed by atoms with Gasteiger partial charge in [-0.2, -0.15) is 0 Å². The Bertz CT molecular complexity index is 560. The van der Waals surface area contributed by atoms with Crippen LogP contribution in [-0.4, -0.2) is 24.1 Å². The molecule has 0 unspecified atom stereocenters. The average molecular weight is 259 g/mol. The highest BCUT2D eigenvalue weighted by atomic mass is 16.1. The Hall–Kier alpha value is -1.81. The van der Waals surface area contributed by atoms with E-state index in [1.165, 1.54) is 10.9 Å². The van der Waals surface area contributed by atoms with Crippen LogP contribution >= 0.6 is 0 Å². The van der Waals surface area contributed by atoms with Gasteiger partial charge in [0, 0.05) is 31.4 Å². The van der Waals surface area contributed by atoms with Crippen LogP contribution in [0.2, 0.25) is 0 Å². The molecule has 0 aliphatic heterocycles. The lowest BCUT2D eigenvalue weighted by Gasteiger charge is -2.07. The normalized spacial score (nSPS) is 10.8. The Morgan fingerprint density at radius 2 is 2.16 bits per heavy atom. The summed E-state index contributed by atoms with van der Waals surface area (Å²) in [4.78, 5) is 11.7. The number of amides is 1. The van der Waals surface area contributed by atoms with Crippen molar-refractivity contribution in [1.29, 1.82) is 0 Å². The number of carbonyl (C=O) groups excluding carboxylic acids is 1. The Labute approximate surface area is 113 Å². The first kappa shape index (κ1) is 13.6. The van der Waals surface area contributed by atoms with Gasteiger partial charge >= 0.3 is 0 Å². The van der Waals surface area contributed by atoms with Gasteiger partial charge in [0.25, 0.3) is 0 Å². The molecular formula is C15H21N3O. The number of hydrogen-bond acceptors (Lipinski definition) is 2. The van der Waals surface area contributed by atoms with E-state index in [4.69, 9.17) is 0 Å². The van der Waals surface area contributed by atoms with Crippen LogP contribution in [0.15, 0.2) is 30.5 Å². The van der Waals surface area contributed by atoms with Gasteiger partial charge in [-0.15, -0.1) is 0 Å². The summed E-state index contributed by atoms with van der Waals surface area (Å²) in [5, 5.41) is 7.12. The molecule has 1 aromatic heterocycles. The van der Waals surface area contributed by atoms with Gasteiger partial charge in [-0.1, -0.05) is 13.0 Å². The molecule has 2 N–H and O–H groups in total. The minimum Gasteiger partial charge on any atom is -0.347 e. The lowest BCUT2D eigenvalue weighted by Crippen LogP contribution is -2.18. The maximum atomic E-state index is 11.7. The summed E-state index contributed by atoms with van der Waals surface area (Å²) in [6.45, 7) is 3.86. The van der Waals surface area contributed by atoms with Crippen molar-refractivity contribution >= 4 is 22.5 Å². The van der Waals surface area contributed by atoms with Gasteiger partial charge in [0.05, 0.1) is 5.52 Å². The van der Waals surface area contributed by atoms with E-state index >= 15 is 0 Å². The largest absolute Gasteiger partial charge is 0.347 e. The molecule has 0 spiro atoms. The number of carbonyl (C=O) groups is 1. The van der Waals surface area contributed by atoms with E-state index in [0.717, 1.165) is 18.7 Å². The smallest absolute Gasteiger partial charge is 0.225 e. The Kier molecular flexibility index (Phi) is 4.58. The van der Waals surface area contributed by atoms with Crippen LogP contribution in [0.3, 0.4) is 0 Å². The number of hydrogen-bond donors (Lipinski definition) is 2. The summed E-state index contributed by atoms with van der Waals surface area (Å²) in [6, 6.07) is 8.16. The third-order valence-electron chi connectivity index (χ3n) is 3.12. The fourth-order valence-electron chi connectivity index (χ4n) is 2.16. The molecule has 1 amide bonds. The molecule has 0 saturated heterocycles. The van der Waals surface area contributed by atoms with E-state index in [-0.39, 0.29) is 5.91 Å². The summed E-state index contributed by atoms with van der Waals surface area (Å²) in [5.41, 5.74) is 2.04. The van der Waals surface area contributed by atoms with Crippen molar-refractivity contribution < 1.29 is 4.79 Å². The molecule has 1 heterocycles. The molecule has 2 rings (SSSR count). The first-order chi connectivity index (χ1) is 9.24. The molecule has 0 bridgehead atoms. The summed E-state index contributed by atoms with van der Waals surface area (Å²) in [5.74, 6) is 0.0438. The molecule has 0 aliphatic carbocycles. The number of fused-ring (bicyclic) bond motifs is 1. The van der Waals surface area contributed by atoms with Crippen LogP contribution in [0.4, 0.5) is 5.69 Å².